The Balaban J connectivity index is 1.47. The SMILES string of the molecule is C[C@H](OCc1ccccc1)[C@@H](NC(=O)OCC1c2ccccc2-c2ccccc21)C(=O)NC(C)(CO)C(=O)O. The summed E-state index contributed by atoms with van der Waals surface area (Å²) in [6, 6.07) is 23.8. The number of hydrogen-bond acceptors (Lipinski definition) is 6. The molecule has 1 aliphatic carbocycles. The number of amides is 2. The van der Waals surface area contributed by atoms with Crippen LogP contribution in [0.15, 0.2) is 78.9 Å². The van der Waals surface area contributed by atoms with Crippen LogP contribution >= 0.6 is 0 Å². The molecule has 39 heavy (non-hydrogen) atoms. The van der Waals surface area contributed by atoms with Gasteiger partial charge >= 0.3 is 12.1 Å². The lowest BCUT2D eigenvalue weighted by Crippen LogP contribution is -2.62. The largest absolute Gasteiger partial charge is 0.479 e. The van der Waals surface area contributed by atoms with E-state index in [0.717, 1.165) is 27.8 Å². The third-order valence-corrected chi connectivity index (χ3v) is 6.91. The van der Waals surface area contributed by atoms with Gasteiger partial charge in [0.25, 0.3) is 0 Å². The highest BCUT2D eigenvalue weighted by Crippen LogP contribution is 2.44. The summed E-state index contributed by atoms with van der Waals surface area (Å²) in [5, 5.41) is 23.9. The number of carboxylic acid groups (broad SMARTS) is 1. The number of aliphatic hydroxyl groups excluding tert-OH is 1. The van der Waals surface area contributed by atoms with Crippen LogP contribution in [0.25, 0.3) is 11.1 Å². The highest BCUT2D eigenvalue weighted by Gasteiger charge is 2.39. The van der Waals surface area contributed by atoms with Gasteiger partial charge in [0.05, 0.1) is 19.3 Å². The normalized spacial score (nSPS) is 15.3. The van der Waals surface area contributed by atoms with Gasteiger partial charge in [-0.05, 0) is 41.7 Å². The highest BCUT2D eigenvalue weighted by atomic mass is 16.5. The molecule has 1 unspecified atom stereocenters. The number of aliphatic carboxylic acids is 1. The summed E-state index contributed by atoms with van der Waals surface area (Å²) in [4.78, 5) is 37.8. The molecule has 4 N–H and O–H groups in total. The highest BCUT2D eigenvalue weighted by molar-refractivity contribution is 5.91. The molecular weight excluding hydrogens is 500 g/mol. The molecule has 9 heteroatoms. The van der Waals surface area contributed by atoms with Gasteiger partial charge in [-0.25, -0.2) is 9.59 Å². The van der Waals surface area contributed by atoms with E-state index in [9.17, 15) is 24.6 Å². The maximum absolute atomic E-state index is 13.2. The van der Waals surface area contributed by atoms with Crippen molar-refractivity contribution in [1.29, 1.82) is 0 Å². The average molecular weight is 533 g/mol. The Labute approximate surface area is 226 Å². The minimum absolute atomic E-state index is 0.0386. The molecule has 3 aromatic carbocycles. The predicted octanol–water partition coefficient (Wildman–Crippen LogP) is 3.45. The van der Waals surface area contributed by atoms with Gasteiger partial charge in [0.15, 0.2) is 5.54 Å². The first-order valence-electron chi connectivity index (χ1n) is 12.7. The third-order valence-electron chi connectivity index (χ3n) is 6.91. The molecule has 2 amide bonds. The van der Waals surface area contributed by atoms with E-state index in [2.05, 4.69) is 10.6 Å². The number of carbonyl (C=O) groups is 3. The molecule has 0 heterocycles. The number of alkyl carbamates (subject to hydrolysis) is 1. The minimum Gasteiger partial charge on any atom is -0.479 e. The molecule has 0 radical (unpaired) electrons. The van der Waals surface area contributed by atoms with Crippen molar-refractivity contribution < 1.29 is 34.1 Å². The van der Waals surface area contributed by atoms with Crippen LogP contribution in [-0.4, -0.2) is 59.1 Å². The lowest BCUT2D eigenvalue weighted by molar-refractivity contribution is -0.149. The quantitative estimate of drug-likeness (QED) is 0.297. The molecule has 0 spiro atoms. The maximum Gasteiger partial charge on any atom is 0.407 e. The number of benzene rings is 3. The fraction of sp³-hybridized carbons (Fsp3) is 0.300. The average Bonchev–Trinajstić information content (AvgIpc) is 3.27. The van der Waals surface area contributed by atoms with Crippen molar-refractivity contribution in [1.82, 2.24) is 10.6 Å². The summed E-state index contributed by atoms with van der Waals surface area (Å²) < 4.78 is 11.4. The van der Waals surface area contributed by atoms with E-state index in [0.29, 0.717) is 0 Å². The molecule has 3 aromatic rings. The van der Waals surface area contributed by atoms with Crippen LogP contribution in [-0.2, 0) is 25.7 Å². The summed E-state index contributed by atoms with van der Waals surface area (Å²) in [5.41, 5.74) is 3.16. The molecule has 9 nitrogen and oxygen atoms in total. The van der Waals surface area contributed by atoms with E-state index in [1.807, 2.05) is 78.9 Å². The van der Waals surface area contributed by atoms with Crippen molar-refractivity contribution in [3.05, 3.63) is 95.6 Å². The second-order valence-corrected chi connectivity index (χ2v) is 9.73. The molecule has 0 saturated carbocycles. The molecule has 1 aliphatic rings. The molecule has 0 bridgehead atoms. The zero-order valence-electron chi connectivity index (χ0n) is 21.8. The number of nitrogens with one attached hydrogen (secondary N) is 2. The molecule has 204 valence electrons. The fourth-order valence-electron chi connectivity index (χ4n) is 4.57. The summed E-state index contributed by atoms with van der Waals surface area (Å²) in [7, 11) is 0. The molecule has 0 saturated heterocycles. The fourth-order valence-corrected chi connectivity index (χ4v) is 4.57. The monoisotopic (exact) mass is 532 g/mol. The number of fused-ring (bicyclic) bond motifs is 3. The lowest BCUT2D eigenvalue weighted by atomic mass is 9.98. The van der Waals surface area contributed by atoms with Gasteiger partial charge in [-0.2, -0.15) is 0 Å². The minimum atomic E-state index is -1.95. The smallest absolute Gasteiger partial charge is 0.407 e. The van der Waals surface area contributed by atoms with Gasteiger partial charge in [0.2, 0.25) is 5.91 Å². The number of ether oxygens (including phenoxy) is 2. The molecule has 3 atom stereocenters. The van der Waals surface area contributed by atoms with Gasteiger partial charge in [0, 0.05) is 5.92 Å². The Kier molecular flexibility index (Phi) is 8.63. The van der Waals surface area contributed by atoms with Gasteiger partial charge in [0.1, 0.15) is 12.6 Å². The van der Waals surface area contributed by atoms with Crippen molar-refractivity contribution in [2.75, 3.05) is 13.2 Å². The number of carboxylic acids is 1. The Morgan fingerprint density at radius 2 is 1.49 bits per heavy atom. The molecular formula is C30H32N2O7. The Morgan fingerprint density at radius 3 is 2.05 bits per heavy atom. The van der Waals surface area contributed by atoms with Crippen molar-refractivity contribution in [3.63, 3.8) is 0 Å². The first kappa shape index (κ1) is 27.8. The number of aliphatic hydroxyl groups is 1. The van der Waals surface area contributed by atoms with Crippen LogP contribution in [0, 0.1) is 0 Å². The lowest BCUT2D eigenvalue weighted by Gasteiger charge is -2.29. The van der Waals surface area contributed by atoms with E-state index >= 15 is 0 Å². The van der Waals surface area contributed by atoms with Crippen LogP contribution in [0.5, 0.6) is 0 Å². The van der Waals surface area contributed by atoms with Crippen LogP contribution in [0.2, 0.25) is 0 Å². The molecule has 0 aromatic heterocycles. The van der Waals surface area contributed by atoms with Gasteiger partial charge in [-0.15, -0.1) is 0 Å². The second kappa shape index (κ2) is 12.1. The van der Waals surface area contributed by atoms with Crippen LogP contribution in [0.4, 0.5) is 4.79 Å². The van der Waals surface area contributed by atoms with Crippen LogP contribution < -0.4 is 10.6 Å². The van der Waals surface area contributed by atoms with Crippen molar-refractivity contribution in [2.24, 2.45) is 0 Å². The maximum atomic E-state index is 13.2. The Morgan fingerprint density at radius 1 is 0.923 bits per heavy atom. The van der Waals surface area contributed by atoms with Crippen LogP contribution in [0.1, 0.15) is 36.5 Å². The molecule has 0 aliphatic heterocycles. The van der Waals surface area contributed by atoms with Crippen molar-refractivity contribution in [2.45, 2.75) is 44.1 Å². The standard InChI is InChI=1S/C30H32N2O7/c1-19(38-16-20-10-4-3-5-11-20)26(27(34)32-30(2,18-33)28(35)36)31-29(37)39-17-25-23-14-8-6-12-21(23)22-13-7-9-15-24(22)25/h3-15,19,25-26,33H,16-18H2,1-2H3,(H,31,37)(H,32,34)(H,35,36)/t19-,26+,30?/m0/s1. The van der Waals surface area contributed by atoms with E-state index < -0.39 is 42.3 Å². The summed E-state index contributed by atoms with van der Waals surface area (Å²) in [6.07, 6.45) is -1.71. The first-order valence-corrected chi connectivity index (χ1v) is 12.7. The van der Waals surface area contributed by atoms with Crippen LogP contribution in [0.3, 0.4) is 0 Å². The van der Waals surface area contributed by atoms with E-state index in [1.165, 1.54) is 6.92 Å². The van der Waals surface area contributed by atoms with Gasteiger partial charge in [-0.1, -0.05) is 78.9 Å². The van der Waals surface area contributed by atoms with E-state index in [-0.39, 0.29) is 19.1 Å². The Bertz CT molecular complexity index is 1280. The third kappa shape index (κ3) is 6.27. The topological polar surface area (TPSA) is 134 Å². The number of carbonyl (C=O) groups excluding carboxylic acids is 2. The molecule has 4 rings (SSSR count). The summed E-state index contributed by atoms with van der Waals surface area (Å²) in [5.74, 6) is -2.43. The van der Waals surface area contributed by atoms with E-state index in [4.69, 9.17) is 9.47 Å². The first-order chi connectivity index (χ1) is 18.7. The number of rotatable bonds is 11. The summed E-state index contributed by atoms with van der Waals surface area (Å²) >= 11 is 0. The zero-order chi connectivity index (χ0) is 28.0. The molecule has 0 fully saturated rings. The van der Waals surface area contributed by atoms with E-state index in [1.54, 1.807) is 6.92 Å². The van der Waals surface area contributed by atoms with Crippen molar-refractivity contribution in [3.8, 4) is 11.1 Å². The van der Waals surface area contributed by atoms with Gasteiger partial charge < -0.3 is 30.3 Å². The van der Waals surface area contributed by atoms with Gasteiger partial charge in [-0.3, -0.25) is 4.79 Å². The second-order valence-electron chi connectivity index (χ2n) is 9.73. The number of hydrogen-bond donors (Lipinski definition) is 4. The zero-order valence-corrected chi connectivity index (χ0v) is 21.8. The Hall–Kier alpha value is -4.21. The predicted molar refractivity (Wildman–Crippen MR) is 144 cm³/mol. The van der Waals surface area contributed by atoms with Crippen molar-refractivity contribution >= 4 is 18.0 Å². The summed E-state index contributed by atoms with van der Waals surface area (Å²) in [6.45, 7) is 2.12.